The van der Waals surface area contributed by atoms with Crippen LogP contribution in [0.1, 0.15) is 12.0 Å². The molecule has 3 rings (SSSR count). The quantitative estimate of drug-likeness (QED) is 0.905. The molecule has 3 atom stereocenters. The predicted octanol–water partition coefficient (Wildman–Crippen LogP) is 1.08. The molecule has 0 radical (unpaired) electrons. The average molecular weight is 291 g/mol. The average Bonchev–Trinajstić information content (AvgIpc) is 3.00. The Morgan fingerprint density at radius 2 is 2.05 bits per heavy atom. The summed E-state index contributed by atoms with van der Waals surface area (Å²) in [6.45, 7) is 2.84. The van der Waals surface area contributed by atoms with E-state index in [-0.39, 0.29) is 17.8 Å². The number of halogens is 1. The number of nitrogens with one attached hydrogen (secondary N) is 1. The highest BCUT2D eigenvalue weighted by Gasteiger charge is 2.46. The fraction of sp³-hybridized carbons (Fsp3) is 0.562. The first-order valence-electron chi connectivity index (χ1n) is 7.49. The van der Waals surface area contributed by atoms with Crippen molar-refractivity contribution in [3.05, 3.63) is 35.6 Å². The van der Waals surface area contributed by atoms with Crippen molar-refractivity contribution in [2.75, 3.05) is 27.2 Å². The molecule has 5 heteroatoms. The number of carbonyl (C=O) groups excluding carboxylic acids is 1. The van der Waals surface area contributed by atoms with Gasteiger partial charge in [-0.05, 0) is 37.1 Å². The summed E-state index contributed by atoms with van der Waals surface area (Å²) in [7, 11) is 3.75. The molecule has 0 saturated carbocycles. The smallest absolute Gasteiger partial charge is 0.237 e. The number of rotatable bonds is 3. The summed E-state index contributed by atoms with van der Waals surface area (Å²) >= 11 is 0. The van der Waals surface area contributed by atoms with E-state index >= 15 is 0 Å². The van der Waals surface area contributed by atoms with E-state index in [9.17, 15) is 9.18 Å². The summed E-state index contributed by atoms with van der Waals surface area (Å²) in [5, 5.41) is 2.75. The van der Waals surface area contributed by atoms with Gasteiger partial charge in [0.1, 0.15) is 5.82 Å². The molecule has 4 nitrogen and oxygen atoms in total. The monoisotopic (exact) mass is 291 g/mol. The summed E-state index contributed by atoms with van der Waals surface area (Å²) in [4.78, 5) is 16.5. The van der Waals surface area contributed by atoms with Gasteiger partial charge in [-0.15, -0.1) is 0 Å². The molecule has 0 aliphatic carbocycles. The zero-order valence-electron chi connectivity index (χ0n) is 12.6. The van der Waals surface area contributed by atoms with E-state index in [1.54, 1.807) is 7.05 Å². The van der Waals surface area contributed by atoms with Crippen molar-refractivity contribution in [1.82, 2.24) is 15.1 Å². The third-order valence-corrected chi connectivity index (χ3v) is 4.89. The summed E-state index contributed by atoms with van der Waals surface area (Å²) in [6.07, 6.45) is 0.931. The minimum Gasteiger partial charge on any atom is -0.358 e. The molecule has 0 unspecified atom stereocenters. The fourth-order valence-electron chi connectivity index (χ4n) is 3.75. The maximum absolute atomic E-state index is 12.9. The van der Waals surface area contributed by atoms with Crippen LogP contribution in [0.15, 0.2) is 24.3 Å². The highest BCUT2D eigenvalue weighted by Crippen LogP contribution is 2.35. The highest BCUT2D eigenvalue weighted by molar-refractivity contribution is 5.81. The lowest BCUT2D eigenvalue weighted by Crippen LogP contribution is -2.44. The topological polar surface area (TPSA) is 35.6 Å². The van der Waals surface area contributed by atoms with Gasteiger partial charge in [-0.2, -0.15) is 0 Å². The van der Waals surface area contributed by atoms with E-state index in [1.165, 1.54) is 12.1 Å². The second kappa shape index (κ2) is 5.73. The lowest BCUT2D eigenvalue weighted by molar-refractivity contribution is -0.125. The third kappa shape index (κ3) is 2.80. The van der Waals surface area contributed by atoms with Crippen LogP contribution in [-0.2, 0) is 11.3 Å². The highest BCUT2D eigenvalue weighted by atomic mass is 19.1. The van der Waals surface area contributed by atoms with Gasteiger partial charge in [0.15, 0.2) is 0 Å². The molecule has 2 fully saturated rings. The maximum Gasteiger partial charge on any atom is 0.237 e. The number of likely N-dealkylation sites (N-methyl/N-ethyl adjacent to an activating group) is 2. The molecule has 0 spiro atoms. The third-order valence-electron chi connectivity index (χ3n) is 4.89. The van der Waals surface area contributed by atoms with Crippen LogP contribution in [0.3, 0.4) is 0 Å². The molecule has 2 saturated heterocycles. The molecule has 0 bridgehead atoms. The molecule has 2 heterocycles. The predicted molar refractivity (Wildman–Crippen MR) is 79.2 cm³/mol. The molecular formula is C16H22FN3O. The number of hydrogen-bond donors (Lipinski definition) is 1. The largest absolute Gasteiger partial charge is 0.358 e. The first kappa shape index (κ1) is 14.5. The molecule has 2 aliphatic rings. The fourth-order valence-corrected chi connectivity index (χ4v) is 3.75. The Morgan fingerprint density at radius 1 is 1.33 bits per heavy atom. The lowest BCUT2D eigenvalue weighted by atomic mass is 10.0. The van der Waals surface area contributed by atoms with Gasteiger partial charge in [0.25, 0.3) is 0 Å². The van der Waals surface area contributed by atoms with E-state index in [2.05, 4.69) is 15.1 Å². The molecular weight excluding hydrogens is 269 g/mol. The van der Waals surface area contributed by atoms with Gasteiger partial charge < -0.3 is 5.32 Å². The molecule has 1 aromatic rings. The molecule has 114 valence electrons. The van der Waals surface area contributed by atoms with Crippen molar-refractivity contribution in [2.24, 2.45) is 5.92 Å². The Labute approximate surface area is 124 Å². The first-order chi connectivity index (χ1) is 10.1. The Kier molecular flexibility index (Phi) is 3.95. The summed E-state index contributed by atoms with van der Waals surface area (Å²) < 4.78 is 12.9. The molecule has 0 aromatic heterocycles. The van der Waals surface area contributed by atoms with Crippen molar-refractivity contribution in [1.29, 1.82) is 0 Å². The first-order valence-corrected chi connectivity index (χ1v) is 7.49. The van der Waals surface area contributed by atoms with E-state index in [0.717, 1.165) is 31.6 Å². The van der Waals surface area contributed by atoms with Crippen molar-refractivity contribution in [3.63, 3.8) is 0 Å². The zero-order valence-corrected chi connectivity index (χ0v) is 12.6. The van der Waals surface area contributed by atoms with Crippen LogP contribution >= 0.6 is 0 Å². The molecule has 2 aliphatic heterocycles. The molecule has 1 N–H and O–H groups in total. The van der Waals surface area contributed by atoms with E-state index in [0.29, 0.717) is 12.0 Å². The van der Waals surface area contributed by atoms with Crippen molar-refractivity contribution in [2.45, 2.75) is 25.0 Å². The van der Waals surface area contributed by atoms with Crippen LogP contribution in [0, 0.1) is 11.7 Å². The Hall–Kier alpha value is -1.46. The Balaban J connectivity index is 1.60. The van der Waals surface area contributed by atoms with Gasteiger partial charge in [-0.1, -0.05) is 12.1 Å². The van der Waals surface area contributed by atoms with Gasteiger partial charge in [0.2, 0.25) is 5.91 Å². The summed E-state index contributed by atoms with van der Waals surface area (Å²) in [5.74, 6) is 0.486. The normalized spacial score (nSPS) is 29.6. The number of carbonyl (C=O) groups is 1. The number of amides is 1. The van der Waals surface area contributed by atoms with E-state index < -0.39 is 0 Å². The zero-order chi connectivity index (χ0) is 15.0. The molecule has 1 amide bonds. The Bertz CT molecular complexity index is 519. The second-order valence-corrected chi connectivity index (χ2v) is 6.18. The Morgan fingerprint density at radius 3 is 2.67 bits per heavy atom. The van der Waals surface area contributed by atoms with Gasteiger partial charge in [0, 0.05) is 32.7 Å². The molecule has 1 aromatic carbocycles. The van der Waals surface area contributed by atoms with Crippen LogP contribution in [0.25, 0.3) is 0 Å². The van der Waals surface area contributed by atoms with Gasteiger partial charge in [0.05, 0.1) is 6.04 Å². The lowest BCUT2D eigenvalue weighted by Gasteiger charge is -2.25. The second-order valence-electron chi connectivity index (χ2n) is 6.18. The van der Waals surface area contributed by atoms with Crippen LogP contribution < -0.4 is 5.32 Å². The molecule has 21 heavy (non-hydrogen) atoms. The van der Waals surface area contributed by atoms with Crippen LogP contribution in [0.4, 0.5) is 4.39 Å². The van der Waals surface area contributed by atoms with E-state index in [4.69, 9.17) is 0 Å². The van der Waals surface area contributed by atoms with Gasteiger partial charge >= 0.3 is 0 Å². The van der Waals surface area contributed by atoms with E-state index in [1.807, 2.05) is 19.2 Å². The number of benzene rings is 1. The van der Waals surface area contributed by atoms with Gasteiger partial charge in [-0.3, -0.25) is 14.6 Å². The SMILES string of the molecule is CNC(=O)[C@@H]1C[C@H]2CN(Cc3ccc(F)cc3)C[C@H]2N1C. The minimum absolute atomic E-state index is 0.0120. The summed E-state index contributed by atoms with van der Waals surface area (Å²) in [5.41, 5.74) is 1.14. The number of hydrogen-bond acceptors (Lipinski definition) is 3. The van der Waals surface area contributed by atoms with Crippen LogP contribution in [0.2, 0.25) is 0 Å². The number of nitrogens with zero attached hydrogens (tertiary/aromatic N) is 2. The van der Waals surface area contributed by atoms with Gasteiger partial charge in [-0.25, -0.2) is 4.39 Å². The van der Waals surface area contributed by atoms with Crippen molar-refractivity contribution in [3.8, 4) is 0 Å². The number of likely N-dealkylation sites (tertiary alicyclic amines) is 2. The maximum atomic E-state index is 12.9. The summed E-state index contributed by atoms with van der Waals surface area (Å²) in [6, 6.07) is 7.19. The standard InChI is InChI=1S/C16H22FN3O/c1-18-16(21)14-7-12-9-20(10-15(12)19(14)2)8-11-3-5-13(17)6-4-11/h3-6,12,14-15H,7-10H2,1-2H3,(H,18,21)/t12-,14-,15+/m0/s1. The van der Waals surface area contributed by atoms with Crippen molar-refractivity contribution >= 4 is 5.91 Å². The minimum atomic E-state index is -0.190. The number of fused-ring (bicyclic) bond motifs is 1. The van der Waals surface area contributed by atoms with Crippen LogP contribution in [-0.4, -0.2) is 55.0 Å². The van der Waals surface area contributed by atoms with Crippen LogP contribution in [0.5, 0.6) is 0 Å². The van der Waals surface area contributed by atoms with Crippen molar-refractivity contribution < 1.29 is 9.18 Å².